The Kier molecular flexibility index (Phi) is 5.65. The van der Waals surface area contributed by atoms with Crippen molar-refractivity contribution in [1.82, 2.24) is 4.90 Å². The molecule has 4 heteroatoms. The minimum atomic E-state index is 0.779. The largest absolute Gasteiger partial charge is 0.383 e. The van der Waals surface area contributed by atoms with E-state index in [4.69, 9.17) is 11.6 Å². The highest BCUT2D eigenvalue weighted by Gasteiger charge is 2.11. The molecule has 0 radical (unpaired) electrons. The summed E-state index contributed by atoms with van der Waals surface area (Å²) in [6, 6.07) is 16.5. The molecule has 0 atom stereocenters. The molecule has 116 valence electrons. The Hall–Kier alpha value is -1.16. The average Bonchev–Trinajstić information content (AvgIpc) is 3.05. The van der Waals surface area contributed by atoms with Gasteiger partial charge in [-0.3, -0.25) is 0 Å². The number of nitrogens with zero attached hydrogens (tertiary/aromatic N) is 1. The Balaban J connectivity index is 1.60. The zero-order valence-corrected chi connectivity index (χ0v) is 14.2. The maximum absolute atomic E-state index is 5.95. The van der Waals surface area contributed by atoms with E-state index in [1.54, 1.807) is 11.8 Å². The lowest BCUT2D eigenvalue weighted by Crippen LogP contribution is -2.26. The Morgan fingerprint density at radius 2 is 1.73 bits per heavy atom. The van der Waals surface area contributed by atoms with Crippen molar-refractivity contribution < 1.29 is 0 Å². The number of para-hydroxylation sites is 1. The number of anilines is 1. The van der Waals surface area contributed by atoms with E-state index < -0.39 is 0 Å². The van der Waals surface area contributed by atoms with Crippen LogP contribution in [0.25, 0.3) is 0 Å². The van der Waals surface area contributed by atoms with Crippen LogP contribution in [-0.4, -0.2) is 31.1 Å². The van der Waals surface area contributed by atoms with Gasteiger partial charge in [-0.15, -0.1) is 0 Å². The molecule has 0 spiro atoms. The van der Waals surface area contributed by atoms with Crippen molar-refractivity contribution in [3.05, 3.63) is 53.6 Å². The number of rotatable bonds is 6. The summed E-state index contributed by atoms with van der Waals surface area (Å²) >= 11 is 7.72. The maximum Gasteiger partial charge on any atom is 0.0482 e. The molecule has 2 aromatic rings. The summed E-state index contributed by atoms with van der Waals surface area (Å²) in [4.78, 5) is 4.99. The molecule has 1 aliphatic rings. The highest BCUT2D eigenvalue weighted by atomic mass is 35.5. The number of hydrogen-bond donors (Lipinski definition) is 1. The first-order valence-corrected chi connectivity index (χ1v) is 8.99. The van der Waals surface area contributed by atoms with Crippen molar-refractivity contribution in [2.24, 2.45) is 0 Å². The normalized spacial score (nSPS) is 15.1. The van der Waals surface area contributed by atoms with Crippen LogP contribution in [0.1, 0.15) is 12.8 Å². The van der Waals surface area contributed by atoms with E-state index in [1.807, 2.05) is 12.1 Å². The monoisotopic (exact) mass is 332 g/mol. The third-order valence-corrected chi connectivity index (χ3v) is 5.21. The zero-order valence-electron chi connectivity index (χ0n) is 12.6. The second-order valence-electron chi connectivity index (χ2n) is 5.53. The van der Waals surface area contributed by atoms with Gasteiger partial charge in [-0.05, 0) is 62.3 Å². The van der Waals surface area contributed by atoms with E-state index in [1.165, 1.54) is 41.4 Å². The first-order valence-electron chi connectivity index (χ1n) is 7.80. The lowest BCUT2D eigenvalue weighted by Gasteiger charge is -2.17. The number of benzene rings is 2. The molecule has 1 heterocycles. The summed E-state index contributed by atoms with van der Waals surface area (Å²) in [7, 11) is 0. The molecule has 0 aromatic heterocycles. The molecule has 22 heavy (non-hydrogen) atoms. The Bertz CT molecular complexity index is 594. The second-order valence-corrected chi connectivity index (χ2v) is 7.08. The van der Waals surface area contributed by atoms with Gasteiger partial charge < -0.3 is 10.2 Å². The molecule has 0 aliphatic carbocycles. The fraction of sp³-hybridized carbons (Fsp3) is 0.333. The Morgan fingerprint density at radius 3 is 2.50 bits per heavy atom. The fourth-order valence-electron chi connectivity index (χ4n) is 2.69. The molecule has 1 N–H and O–H groups in total. The average molecular weight is 333 g/mol. The van der Waals surface area contributed by atoms with Gasteiger partial charge in [-0.2, -0.15) is 0 Å². The van der Waals surface area contributed by atoms with Crippen molar-refractivity contribution in [2.75, 3.05) is 31.5 Å². The summed E-state index contributed by atoms with van der Waals surface area (Å²) < 4.78 is 0. The first-order chi connectivity index (χ1) is 10.8. The van der Waals surface area contributed by atoms with Crippen molar-refractivity contribution in [2.45, 2.75) is 22.6 Å². The van der Waals surface area contributed by atoms with Gasteiger partial charge >= 0.3 is 0 Å². The van der Waals surface area contributed by atoms with Gasteiger partial charge in [-0.25, -0.2) is 0 Å². The number of hydrogen-bond acceptors (Lipinski definition) is 3. The molecule has 0 unspecified atom stereocenters. The number of halogens is 1. The van der Waals surface area contributed by atoms with Crippen LogP contribution in [0, 0.1) is 0 Å². The fourth-order valence-corrected chi connectivity index (χ4v) is 3.74. The van der Waals surface area contributed by atoms with Gasteiger partial charge in [0.15, 0.2) is 0 Å². The molecule has 2 nitrogen and oxygen atoms in total. The molecule has 1 aliphatic heterocycles. The Morgan fingerprint density at radius 1 is 1.00 bits per heavy atom. The summed E-state index contributed by atoms with van der Waals surface area (Å²) in [5, 5.41) is 4.36. The van der Waals surface area contributed by atoms with Gasteiger partial charge in [0.2, 0.25) is 0 Å². The van der Waals surface area contributed by atoms with E-state index in [9.17, 15) is 0 Å². The van der Waals surface area contributed by atoms with Crippen molar-refractivity contribution in [3.63, 3.8) is 0 Å². The smallest absolute Gasteiger partial charge is 0.0482 e. The van der Waals surface area contributed by atoms with E-state index in [-0.39, 0.29) is 0 Å². The molecule has 3 rings (SSSR count). The number of nitrogens with one attached hydrogen (secondary N) is 1. The van der Waals surface area contributed by atoms with Crippen LogP contribution in [0.3, 0.4) is 0 Å². The van der Waals surface area contributed by atoms with Crippen molar-refractivity contribution >= 4 is 29.1 Å². The van der Waals surface area contributed by atoms with Crippen LogP contribution in [0.5, 0.6) is 0 Å². The van der Waals surface area contributed by atoms with Gasteiger partial charge in [0.25, 0.3) is 0 Å². The van der Waals surface area contributed by atoms with E-state index >= 15 is 0 Å². The van der Waals surface area contributed by atoms with Crippen molar-refractivity contribution in [3.8, 4) is 0 Å². The molecule has 1 saturated heterocycles. The molecule has 0 amide bonds. The molecule has 0 bridgehead atoms. The molecular weight excluding hydrogens is 312 g/mol. The minimum Gasteiger partial charge on any atom is -0.383 e. The predicted molar refractivity (Wildman–Crippen MR) is 96.2 cm³/mol. The van der Waals surface area contributed by atoms with E-state index in [2.05, 4.69) is 46.6 Å². The third kappa shape index (κ3) is 4.42. The van der Waals surface area contributed by atoms with Crippen LogP contribution < -0.4 is 5.32 Å². The first kappa shape index (κ1) is 15.7. The van der Waals surface area contributed by atoms with Gasteiger partial charge in [0.1, 0.15) is 0 Å². The summed E-state index contributed by atoms with van der Waals surface area (Å²) in [6.07, 6.45) is 2.70. The Labute approximate surface area is 141 Å². The molecule has 1 fully saturated rings. The van der Waals surface area contributed by atoms with Gasteiger partial charge in [0.05, 0.1) is 0 Å². The minimum absolute atomic E-state index is 0.779. The second kappa shape index (κ2) is 7.91. The SMILES string of the molecule is Clc1ccc(Sc2ccccc2NCCN2CCCC2)cc1. The van der Waals surface area contributed by atoms with E-state index in [0.29, 0.717) is 0 Å². The van der Waals surface area contributed by atoms with Crippen LogP contribution in [0.2, 0.25) is 5.02 Å². The van der Waals surface area contributed by atoms with Crippen LogP contribution in [-0.2, 0) is 0 Å². The third-order valence-electron chi connectivity index (χ3n) is 3.87. The topological polar surface area (TPSA) is 15.3 Å². The van der Waals surface area contributed by atoms with Crippen LogP contribution >= 0.6 is 23.4 Å². The summed E-state index contributed by atoms with van der Waals surface area (Å²) in [5.74, 6) is 0. The summed E-state index contributed by atoms with van der Waals surface area (Å²) in [5.41, 5.74) is 1.21. The molecule has 0 saturated carbocycles. The van der Waals surface area contributed by atoms with Crippen molar-refractivity contribution in [1.29, 1.82) is 0 Å². The van der Waals surface area contributed by atoms with Crippen LogP contribution in [0.15, 0.2) is 58.3 Å². The predicted octanol–water partition coefficient (Wildman–Crippen LogP) is 5.00. The molecule has 2 aromatic carbocycles. The van der Waals surface area contributed by atoms with Gasteiger partial charge in [-0.1, -0.05) is 35.5 Å². The lowest BCUT2D eigenvalue weighted by atomic mass is 10.3. The highest BCUT2D eigenvalue weighted by molar-refractivity contribution is 7.99. The van der Waals surface area contributed by atoms with E-state index in [0.717, 1.165) is 18.1 Å². The lowest BCUT2D eigenvalue weighted by molar-refractivity contribution is 0.352. The number of likely N-dealkylation sites (tertiary alicyclic amines) is 1. The zero-order chi connectivity index (χ0) is 15.2. The molecular formula is C18H21ClN2S. The summed E-state index contributed by atoms with van der Waals surface area (Å²) in [6.45, 7) is 4.63. The van der Waals surface area contributed by atoms with Gasteiger partial charge in [0, 0.05) is 33.6 Å². The maximum atomic E-state index is 5.95. The van der Waals surface area contributed by atoms with Crippen LogP contribution in [0.4, 0.5) is 5.69 Å². The quantitative estimate of drug-likeness (QED) is 0.801. The standard InChI is InChI=1S/C18H21ClN2S/c19-15-7-9-16(10-8-15)22-18-6-2-1-5-17(18)20-11-14-21-12-3-4-13-21/h1-2,5-10,20H,3-4,11-14H2. The highest BCUT2D eigenvalue weighted by Crippen LogP contribution is 2.33.